The van der Waals surface area contributed by atoms with Gasteiger partial charge in [0.2, 0.25) is 5.00 Å². The second-order valence-corrected chi connectivity index (χ2v) is 6.56. The van der Waals surface area contributed by atoms with Gasteiger partial charge in [-0.1, -0.05) is 36.4 Å². The van der Waals surface area contributed by atoms with Crippen LogP contribution >= 0.6 is 0 Å². The molecule has 2 rings (SSSR count). The SMILES string of the molecule is CS(=O)(=O)C1(F)CC(N)=CC=C1c1ccccc1. The summed E-state index contributed by atoms with van der Waals surface area (Å²) in [6.45, 7) is 0. The number of rotatable bonds is 2. The number of hydrogen-bond acceptors (Lipinski definition) is 3. The van der Waals surface area contributed by atoms with Gasteiger partial charge in [-0.05, 0) is 11.6 Å². The van der Waals surface area contributed by atoms with Gasteiger partial charge in [-0.15, -0.1) is 0 Å². The number of allylic oxidation sites excluding steroid dienone is 3. The van der Waals surface area contributed by atoms with Crippen molar-refractivity contribution in [2.75, 3.05) is 6.26 Å². The molecule has 0 aromatic heterocycles. The lowest BCUT2D eigenvalue weighted by molar-refractivity contribution is 0.338. The van der Waals surface area contributed by atoms with Crippen LogP contribution in [0, 0.1) is 0 Å². The second kappa shape index (κ2) is 4.24. The summed E-state index contributed by atoms with van der Waals surface area (Å²) in [6.07, 6.45) is 3.55. The average molecular weight is 267 g/mol. The van der Waals surface area contributed by atoms with Crippen molar-refractivity contribution in [1.82, 2.24) is 0 Å². The molecule has 1 aromatic carbocycles. The molecule has 5 heteroatoms. The lowest BCUT2D eigenvalue weighted by Crippen LogP contribution is -2.37. The summed E-state index contributed by atoms with van der Waals surface area (Å²) in [5.74, 6) is 0. The van der Waals surface area contributed by atoms with Gasteiger partial charge in [-0.2, -0.15) is 0 Å². The van der Waals surface area contributed by atoms with Crippen LogP contribution in [0.1, 0.15) is 12.0 Å². The minimum atomic E-state index is -3.91. The van der Waals surface area contributed by atoms with Crippen LogP contribution < -0.4 is 5.73 Å². The first kappa shape index (κ1) is 12.8. The van der Waals surface area contributed by atoms with Crippen LogP contribution in [0.5, 0.6) is 0 Å². The van der Waals surface area contributed by atoms with Crippen molar-refractivity contribution in [3.05, 3.63) is 53.7 Å². The standard InChI is InChI=1S/C13H14FNO2S/c1-18(16,17)13(14)9-11(15)7-8-12(13)10-5-3-2-4-6-10/h2-8H,9,15H2,1H3. The van der Waals surface area contributed by atoms with Crippen molar-refractivity contribution < 1.29 is 12.8 Å². The van der Waals surface area contributed by atoms with E-state index in [0.717, 1.165) is 6.26 Å². The Morgan fingerprint density at radius 1 is 1.22 bits per heavy atom. The Balaban J connectivity index is 2.62. The van der Waals surface area contributed by atoms with Crippen LogP contribution in [0.25, 0.3) is 5.57 Å². The van der Waals surface area contributed by atoms with E-state index in [0.29, 0.717) is 5.56 Å². The number of sulfone groups is 1. The van der Waals surface area contributed by atoms with Gasteiger partial charge in [0, 0.05) is 23.9 Å². The molecule has 0 fully saturated rings. The summed E-state index contributed by atoms with van der Waals surface area (Å²) < 4.78 is 38.4. The highest BCUT2D eigenvalue weighted by Crippen LogP contribution is 2.41. The summed E-state index contributed by atoms with van der Waals surface area (Å²) in [4.78, 5) is 0. The number of alkyl halides is 1. The first-order valence-corrected chi connectivity index (χ1v) is 7.34. The average Bonchev–Trinajstić information content (AvgIpc) is 2.28. The zero-order valence-electron chi connectivity index (χ0n) is 9.93. The molecular weight excluding hydrogens is 253 g/mol. The molecule has 2 N–H and O–H groups in total. The molecule has 0 spiro atoms. The first-order valence-electron chi connectivity index (χ1n) is 5.45. The van der Waals surface area contributed by atoms with Gasteiger partial charge in [-0.25, -0.2) is 12.8 Å². The molecule has 1 aliphatic rings. The van der Waals surface area contributed by atoms with Crippen LogP contribution in [0.15, 0.2) is 48.2 Å². The minimum absolute atomic E-state index is 0.139. The Bertz CT molecular complexity index is 620. The third-order valence-electron chi connectivity index (χ3n) is 2.97. The van der Waals surface area contributed by atoms with E-state index in [4.69, 9.17) is 5.73 Å². The maximum Gasteiger partial charge on any atom is 0.241 e. The summed E-state index contributed by atoms with van der Waals surface area (Å²) >= 11 is 0. The molecule has 1 aliphatic carbocycles. The number of nitrogens with two attached hydrogens (primary N) is 1. The molecule has 0 bridgehead atoms. The van der Waals surface area contributed by atoms with E-state index in [2.05, 4.69) is 0 Å². The van der Waals surface area contributed by atoms with Gasteiger partial charge in [-0.3, -0.25) is 0 Å². The Labute approximate surface area is 106 Å². The van der Waals surface area contributed by atoms with Crippen LogP contribution in [-0.2, 0) is 9.84 Å². The highest BCUT2D eigenvalue weighted by atomic mass is 32.2. The van der Waals surface area contributed by atoms with E-state index >= 15 is 0 Å². The lowest BCUT2D eigenvalue weighted by atomic mass is 9.94. The van der Waals surface area contributed by atoms with E-state index < -0.39 is 14.8 Å². The van der Waals surface area contributed by atoms with E-state index in [1.165, 1.54) is 6.08 Å². The Kier molecular flexibility index (Phi) is 3.02. The normalized spacial score (nSPS) is 24.3. The van der Waals surface area contributed by atoms with Crippen molar-refractivity contribution in [2.45, 2.75) is 11.4 Å². The van der Waals surface area contributed by atoms with Gasteiger partial charge in [0.05, 0.1) is 0 Å². The van der Waals surface area contributed by atoms with Crippen molar-refractivity contribution in [3.8, 4) is 0 Å². The molecule has 1 atom stereocenters. The van der Waals surface area contributed by atoms with Crippen molar-refractivity contribution in [2.24, 2.45) is 5.73 Å². The van der Waals surface area contributed by atoms with Crippen LogP contribution in [-0.4, -0.2) is 19.7 Å². The fourth-order valence-electron chi connectivity index (χ4n) is 1.99. The summed E-state index contributed by atoms with van der Waals surface area (Å²) in [5, 5.41) is -2.45. The van der Waals surface area contributed by atoms with Gasteiger partial charge in [0.1, 0.15) is 0 Å². The smallest absolute Gasteiger partial charge is 0.241 e. The zero-order valence-corrected chi connectivity index (χ0v) is 10.7. The van der Waals surface area contributed by atoms with Crippen molar-refractivity contribution in [1.29, 1.82) is 0 Å². The Morgan fingerprint density at radius 2 is 1.83 bits per heavy atom. The maximum atomic E-state index is 14.9. The predicted octanol–water partition coefficient (Wildman–Crippen LogP) is 2.03. The molecule has 0 heterocycles. The number of benzene rings is 1. The van der Waals surface area contributed by atoms with Crippen LogP contribution in [0.3, 0.4) is 0 Å². The molecule has 0 aliphatic heterocycles. The predicted molar refractivity (Wildman–Crippen MR) is 70.0 cm³/mol. The first-order chi connectivity index (χ1) is 8.34. The molecule has 1 unspecified atom stereocenters. The summed E-state index contributed by atoms with van der Waals surface area (Å²) in [7, 11) is -3.91. The molecule has 96 valence electrons. The molecule has 0 saturated carbocycles. The second-order valence-electron chi connectivity index (χ2n) is 4.37. The monoisotopic (exact) mass is 267 g/mol. The fraction of sp³-hybridized carbons (Fsp3) is 0.231. The molecule has 0 saturated heterocycles. The topological polar surface area (TPSA) is 60.2 Å². The number of hydrogen-bond donors (Lipinski definition) is 1. The summed E-state index contributed by atoms with van der Waals surface area (Å²) in [6, 6.07) is 8.62. The maximum absolute atomic E-state index is 14.9. The van der Waals surface area contributed by atoms with Crippen LogP contribution in [0.2, 0.25) is 0 Å². The highest BCUT2D eigenvalue weighted by molar-refractivity contribution is 7.92. The molecule has 0 radical (unpaired) electrons. The Hall–Kier alpha value is -1.62. The highest BCUT2D eigenvalue weighted by Gasteiger charge is 2.46. The largest absolute Gasteiger partial charge is 0.402 e. The van der Waals surface area contributed by atoms with Crippen molar-refractivity contribution >= 4 is 15.4 Å². The molecular formula is C13H14FNO2S. The summed E-state index contributed by atoms with van der Waals surface area (Å²) in [5.41, 5.74) is 6.47. The molecule has 18 heavy (non-hydrogen) atoms. The van der Waals surface area contributed by atoms with Gasteiger partial charge >= 0.3 is 0 Å². The van der Waals surface area contributed by atoms with Crippen LogP contribution in [0.4, 0.5) is 4.39 Å². The van der Waals surface area contributed by atoms with Gasteiger partial charge in [0.25, 0.3) is 0 Å². The van der Waals surface area contributed by atoms with Gasteiger partial charge in [0.15, 0.2) is 9.84 Å². The van der Waals surface area contributed by atoms with E-state index in [9.17, 15) is 12.8 Å². The quantitative estimate of drug-likeness (QED) is 0.892. The lowest BCUT2D eigenvalue weighted by Gasteiger charge is -2.29. The van der Waals surface area contributed by atoms with E-state index in [-0.39, 0.29) is 17.7 Å². The third kappa shape index (κ3) is 2.06. The fourth-order valence-corrected chi connectivity index (χ4v) is 3.01. The number of halogens is 1. The zero-order chi connectivity index (χ0) is 13.4. The molecule has 0 amide bonds. The van der Waals surface area contributed by atoms with E-state index in [1.807, 2.05) is 0 Å². The van der Waals surface area contributed by atoms with E-state index in [1.54, 1.807) is 36.4 Å². The molecule has 3 nitrogen and oxygen atoms in total. The third-order valence-corrected chi connectivity index (χ3v) is 4.51. The van der Waals surface area contributed by atoms with Crippen molar-refractivity contribution in [3.63, 3.8) is 0 Å². The minimum Gasteiger partial charge on any atom is -0.402 e. The van der Waals surface area contributed by atoms with Gasteiger partial charge < -0.3 is 5.73 Å². The Morgan fingerprint density at radius 3 is 2.39 bits per heavy atom. The molecule has 1 aromatic rings.